The maximum absolute atomic E-state index is 13.5. The smallest absolute Gasteiger partial charge is 0.316 e. The minimum atomic E-state index is -1.16. The van der Waals surface area contributed by atoms with E-state index in [-0.39, 0.29) is 23.3 Å². The van der Waals surface area contributed by atoms with Crippen molar-refractivity contribution in [2.45, 2.75) is 18.4 Å². The molecule has 1 heterocycles. The number of methoxy groups -OCH3 is 1. The van der Waals surface area contributed by atoms with E-state index in [1.807, 2.05) is 13.0 Å². The molecular weight excluding hydrogens is 417 g/mol. The topological polar surface area (TPSA) is 79.2 Å². The average Bonchev–Trinajstić information content (AvgIpc) is 2.68. The Hall–Kier alpha value is -2.55. The second-order valence-electron chi connectivity index (χ2n) is 6.37. The van der Waals surface area contributed by atoms with Gasteiger partial charge in [0.25, 0.3) is 0 Å². The zero-order valence-corrected chi connectivity index (χ0v) is 17.6. The highest BCUT2D eigenvalue weighted by molar-refractivity contribution is 7.90. The molecule has 0 radical (unpaired) electrons. The van der Waals surface area contributed by atoms with Crippen molar-refractivity contribution in [2.75, 3.05) is 18.7 Å². The third kappa shape index (κ3) is 4.90. The van der Waals surface area contributed by atoms with E-state index < -0.39 is 22.6 Å². The van der Waals surface area contributed by atoms with Crippen LogP contribution in [0, 0.1) is 12.7 Å². The fraction of sp³-hybridized carbons (Fsp3) is 0.200. The lowest BCUT2D eigenvalue weighted by Gasteiger charge is -2.17. The molecule has 0 aliphatic rings. The first-order valence-corrected chi connectivity index (χ1v) is 10.5. The zero-order chi connectivity index (χ0) is 21.1. The number of hydrogen-bond donors (Lipinski definition) is 1. The molecule has 0 aliphatic heterocycles. The number of rotatable bonds is 6. The third-order valence-corrected chi connectivity index (χ3v) is 5.52. The molecule has 3 aromatic rings. The van der Waals surface area contributed by atoms with E-state index in [0.29, 0.717) is 16.1 Å². The second-order valence-corrected chi connectivity index (χ2v) is 8.16. The summed E-state index contributed by atoms with van der Waals surface area (Å²) in [5.74, 6) is -0.174. The summed E-state index contributed by atoms with van der Waals surface area (Å²) in [7, 11) is 1.38. The Morgan fingerprint density at radius 2 is 2.07 bits per heavy atom. The Morgan fingerprint density at radius 1 is 1.31 bits per heavy atom. The standard InChI is InChI=1S/C20H19ClFN3O3S/c1-12-4-6-14(29(3)27)9-17(12)23-20-24-19(26)18(28-2)11-25(20)10-13-5-7-16(22)15(21)8-13/h4-9,11H,10H2,1-3H3,(H,23,24,26). The van der Waals surface area contributed by atoms with E-state index in [1.165, 1.54) is 25.4 Å². The van der Waals surface area contributed by atoms with E-state index in [0.717, 1.165) is 5.56 Å². The molecule has 1 aromatic heterocycles. The van der Waals surface area contributed by atoms with Gasteiger partial charge in [-0.3, -0.25) is 4.79 Å². The predicted molar refractivity (Wildman–Crippen MR) is 112 cm³/mol. The van der Waals surface area contributed by atoms with Gasteiger partial charge in [0.05, 0.1) is 24.9 Å². The first-order chi connectivity index (χ1) is 13.8. The third-order valence-electron chi connectivity index (χ3n) is 4.31. The van der Waals surface area contributed by atoms with Gasteiger partial charge in [0.2, 0.25) is 11.7 Å². The van der Waals surface area contributed by atoms with Crippen LogP contribution in [0.4, 0.5) is 16.0 Å². The van der Waals surface area contributed by atoms with Crippen molar-refractivity contribution in [3.8, 4) is 5.75 Å². The molecule has 29 heavy (non-hydrogen) atoms. The number of nitrogens with zero attached hydrogens (tertiary/aromatic N) is 2. The Balaban J connectivity index is 2.04. The first kappa shape index (κ1) is 21.2. The van der Waals surface area contributed by atoms with Crippen molar-refractivity contribution in [3.05, 3.63) is 74.9 Å². The molecule has 1 N–H and O–H groups in total. The molecule has 2 aromatic carbocycles. The molecule has 0 saturated carbocycles. The van der Waals surface area contributed by atoms with Crippen molar-refractivity contribution >= 4 is 34.4 Å². The van der Waals surface area contributed by atoms with Crippen LogP contribution >= 0.6 is 11.6 Å². The van der Waals surface area contributed by atoms with Gasteiger partial charge in [-0.25, -0.2) is 4.39 Å². The van der Waals surface area contributed by atoms with Gasteiger partial charge in [-0.2, -0.15) is 4.98 Å². The summed E-state index contributed by atoms with van der Waals surface area (Å²) in [5, 5.41) is 3.14. The quantitative estimate of drug-likeness (QED) is 0.594. The number of benzene rings is 2. The van der Waals surface area contributed by atoms with E-state index in [4.69, 9.17) is 16.3 Å². The van der Waals surface area contributed by atoms with Gasteiger partial charge >= 0.3 is 5.56 Å². The van der Waals surface area contributed by atoms with Gasteiger partial charge in [0.15, 0.2) is 4.90 Å². The minimum Gasteiger partial charge on any atom is -0.612 e. The zero-order valence-electron chi connectivity index (χ0n) is 16.0. The molecule has 0 spiro atoms. The maximum atomic E-state index is 13.5. The van der Waals surface area contributed by atoms with Crippen LogP contribution in [0.15, 0.2) is 52.3 Å². The van der Waals surface area contributed by atoms with Gasteiger partial charge in [-0.1, -0.05) is 23.7 Å². The molecule has 0 fully saturated rings. The van der Waals surface area contributed by atoms with Gasteiger partial charge < -0.3 is 19.2 Å². The monoisotopic (exact) mass is 435 g/mol. The number of nitrogens with one attached hydrogen (secondary N) is 1. The molecule has 9 heteroatoms. The lowest BCUT2D eigenvalue weighted by atomic mass is 10.2. The Labute approximate surface area is 175 Å². The van der Waals surface area contributed by atoms with E-state index in [1.54, 1.807) is 29.0 Å². The van der Waals surface area contributed by atoms with Crippen LogP contribution in [0.2, 0.25) is 5.02 Å². The minimum absolute atomic E-state index is 0.00643. The van der Waals surface area contributed by atoms with Crippen LogP contribution in [0.5, 0.6) is 5.75 Å². The number of halogens is 2. The number of aromatic nitrogens is 2. The lowest BCUT2D eigenvalue weighted by Crippen LogP contribution is -2.19. The van der Waals surface area contributed by atoms with Crippen LogP contribution in [-0.2, 0) is 17.7 Å². The summed E-state index contributed by atoms with van der Waals surface area (Å²) in [6.07, 6.45) is 3.11. The largest absolute Gasteiger partial charge is 0.612 e. The van der Waals surface area contributed by atoms with E-state index in [2.05, 4.69) is 10.3 Å². The highest BCUT2D eigenvalue weighted by Gasteiger charge is 2.14. The summed E-state index contributed by atoms with van der Waals surface area (Å²) < 4.78 is 32.1. The Kier molecular flexibility index (Phi) is 6.46. The van der Waals surface area contributed by atoms with Crippen LogP contribution in [-0.4, -0.2) is 27.5 Å². The second kappa shape index (κ2) is 8.86. The number of hydrogen-bond acceptors (Lipinski definition) is 5. The molecule has 152 valence electrons. The van der Waals surface area contributed by atoms with Gasteiger partial charge in [0, 0.05) is 11.8 Å². The molecule has 6 nitrogen and oxygen atoms in total. The maximum Gasteiger partial charge on any atom is 0.316 e. The van der Waals surface area contributed by atoms with Crippen LogP contribution in [0.1, 0.15) is 11.1 Å². The SMILES string of the molecule is COc1cn(Cc2ccc(F)c(Cl)c2)c(Nc2cc([S+](C)[O-])ccc2C)nc1=O. The van der Waals surface area contributed by atoms with Crippen LogP contribution < -0.4 is 15.6 Å². The molecule has 0 bridgehead atoms. The van der Waals surface area contributed by atoms with E-state index in [9.17, 15) is 13.7 Å². The van der Waals surface area contributed by atoms with Crippen molar-refractivity contribution < 1.29 is 13.7 Å². The van der Waals surface area contributed by atoms with Gasteiger partial charge in [-0.05, 0) is 47.4 Å². The van der Waals surface area contributed by atoms with Gasteiger partial charge in [-0.15, -0.1) is 0 Å². The van der Waals surface area contributed by atoms with Crippen LogP contribution in [0.25, 0.3) is 0 Å². The summed E-state index contributed by atoms with van der Waals surface area (Å²) in [6, 6.07) is 9.76. The summed E-state index contributed by atoms with van der Waals surface area (Å²) in [4.78, 5) is 16.9. The van der Waals surface area contributed by atoms with Crippen LogP contribution in [0.3, 0.4) is 0 Å². The number of ether oxygens (including phenoxy) is 1. The van der Waals surface area contributed by atoms with Crippen molar-refractivity contribution in [2.24, 2.45) is 0 Å². The molecule has 3 rings (SSSR count). The molecule has 1 unspecified atom stereocenters. The number of anilines is 2. The highest BCUT2D eigenvalue weighted by atomic mass is 35.5. The van der Waals surface area contributed by atoms with Crippen molar-refractivity contribution in [1.82, 2.24) is 9.55 Å². The molecule has 0 saturated heterocycles. The molecular formula is C20H19ClFN3O3S. The Morgan fingerprint density at radius 3 is 2.72 bits per heavy atom. The predicted octanol–water partition coefficient (Wildman–Crippen LogP) is 3.88. The normalized spacial score (nSPS) is 11.9. The molecule has 1 atom stereocenters. The van der Waals surface area contributed by atoms with Gasteiger partial charge in [0.1, 0.15) is 12.1 Å². The summed E-state index contributed by atoms with van der Waals surface area (Å²) in [6.45, 7) is 2.15. The average molecular weight is 436 g/mol. The van der Waals surface area contributed by atoms with Crippen molar-refractivity contribution in [1.29, 1.82) is 0 Å². The highest BCUT2D eigenvalue weighted by Crippen LogP contribution is 2.24. The lowest BCUT2D eigenvalue weighted by molar-refractivity contribution is 0.402. The summed E-state index contributed by atoms with van der Waals surface area (Å²) >= 11 is 4.73. The first-order valence-electron chi connectivity index (χ1n) is 8.59. The Bertz CT molecular complexity index is 1100. The summed E-state index contributed by atoms with van der Waals surface area (Å²) in [5.41, 5.74) is 1.74. The fourth-order valence-corrected chi connectivity index (χ4v) is 3.45. The fourth-order valence-electron chi connectivity index (χ4n) is 2.70. The van der Waals surface area contributed by atoms with E-state index >= 15 is 0 Å². The molecule has 0 aliphatic carbocycles. The number of aryl methyl sites for hydroxylation is 1. The van der Waals surface area contributed by atoms with Crippen molar-refractivity contribution in [3.63, 3.8) is 0 Å². The molecule has 0 amide bonds.